The number of benzene rings is 1. The molecule has 1 atom stereocenters. The monoisotopic (exact) mass is 368 g/mol. The van der Waals surface area contributed by atoms with Gasteiger partial charge in [0.2, 0.25) is 11.8 Å². The van der Waals surface area contributed by atoms with Gasteiger partial charge in [-0.3, -0.25) is 19.7 Å². The summed E-state index contributed by atoms with van der Waals surface area (Å²) in [5.74, 6) is -0.817. The third kappa shape index (κ3) is 5.14. The minimum atomic E-state index is -0.608. The highest BCUT2D eigenvalue weighted by Crippen LogP contribution is 2.28. The summed E-state index contributed by atoms with van der Waals surface area (Å²) in [6, 6.07) is 4.08. The Morgan fingerprint density at radius 3 is 2.84 bits per heavy atom. The van der Waals surface area contributed by atoms with Crippen molar-refractivity contribution in [3.05, 3.63) is 33.3 Å². The number of nitrogens with one attached hydrogen (secondary N) is 1. The van der Waals surface area contributed by atoms with Gasteiger partial charge >= 0.3 is 0 Å². The molecule has 1 N–H and O–H groups in total. The number of halogens is 1. The van der Waals surface area contributed by atoms with Crippen LogP contribution in [0.2, 0.25) is 5.02 Å². The Balaban J connectivity index is 1.94. The number of likely N-dealkylation sites (tertiary alicyclic amines) is 1. The molecule has 1 aromatic carbocycles. The summed E-state index contributed by atoms with van der Waals surface area (Å²) in [6.07, 6.45) is 1.000. The van der Waals surface area contributed by atoms with Crippen LogP contribution in [0, 0.1) is 16.0 Å². The maximum absolute atomic E-state index is 12.4. The lowest BCUT2D eigenvalue weighted by molar-refractivity contribution is -0.384. The third-order valence-corrected chi connectivity index (χ3v) is 4.35. The van der Waals surface area contributed by atoms with Crippen LogP contribution in [0.25, 0.3) is 0 Å². The fourth-order valence-electron chi connectivity index (χ4n) is 2.72. The van der Waals surface area contributed by atoms with Crippen LogP contribution in [0.15, 0.2) is 18.2 Å². The van der Waals surface area contributed by atoms with Crippen molar-refractivity contribution in [3.63, 3.8) is 0 Å². The van der Waals surface area contributed by atoms with E-state index in [4.69, 9.17) is 11.6 Å². The number of carbonyl (C=O) groups excluding carboxylic acids is 2. The third-order valence-electron chi connectivity index (χ3n) is 4.03. The second-order valence-corrected chi connectivity index (χ2v) is 6.72. The van der Waals surface area contributed by atoms with Crippen LogP contribution >= 0.6 is 11.6 Å². The van der Waals surface area contributed by atoms with Crippen molar-refractivity contribution in [2.24, 2.45) is 5.92 Å². The highest BCUT2D eigenvalue weighted by Gasteiger charge is 2.34. The van der Waals surface area contributed by atoms with E-state index in [0.29, 0.717) is 18.8 Å². The molecule has 1 heterocycles. The summed E-state index contributed by atoms with van der Waals surface area (Å²) in [5, 5.41) is 13.5. The number of nitro benzene ring substituents is 1. The van der Waals surface area contributed by atoms with E-state index < -0.39 is 10.8 Å². The van der Waals surface area contributed by atoms with Crippen molar-refractivity contribution in [2.75, 3.05) is 39.0 Å². The van der Waals surface area contributed by atoms with Gasteiger partial charge in [-0.1, -0.05) is 11.6 Å². The zero-order valence-electron chi connectivity index (χ0n) is 14.2. The van der Waals surface area contributed by atoms with E-state index in [-0.39, 0.29) is 28.9 Å². The second-order valence-electron chi connectivity index (χ2n) is 6.31. The topological polar surface area (TPSA) is 95.8 Å². The molecule has 1 aromatic rings. The van der Waals surface area contributed by atoms with Gasteiger partial charge in [0, 0.05) is 31.3 Å². The summed E-state index contributed by atoms with van der Waals surface area (Å²) >= 11 is 5.75. The fraction of sp³-hybridized carbons (Fsp3) is 0.500. The van der Waals surface area contributed by atoms with Gasteiger partial charge in [-0.25, -0.2) is 0 Å². The van der Waals surface area contributed by atoms with Gasteiger partial charge in [0.1, 0.15) is 5.02 Å². The first-order chi connectivity index (χ1) is 11.8. The van der Waals surface area contributed by atoms with E-state index in [2.05, 4.69) is 5.32 Å². The fourth-order valence-corrected chi connectivity index (χ4v) is 2.90. The van der Waals surface area contributed by atoms with Crippen LogP contribution in [0.4, 0.5) is 11.4 Å². The number of nitrogens with zero attached hydrogens (tertiary/aromatic N) is 3. The number of amides is 2. The van der Waals surface area contributed by atoms with Crippen molar-refractivity contribution in [2.45, 2.75) is 12.8 Å². The first-order valence-electron chi connectivity index (χ1n) is 7.95. The first kappa shape index (κ1) is 19.1. The lowest BCUT2D eigenvalue weighted by Crippen LogP contribution is -2.30. The summed E-state index contributed by atoms with van der Waals surface area (Å²) < 4.78 is 0. The average Bonchev–Trinajstić information content (AvgIpc) is 2.90. The molecule has 1 saturated heterocycles. The predicted octanol–water partition coefficient (Wildman–Crippen LogP) is 1.99. The standard InChI is InChI=1S/C16H21ClN4O4/c1-19(2)6-3-7-20-10-11(8-15(20)22)16(23)18-12-4-5-13(17)14(9-12)21(24)25/h4-5,9,11H,3,6-8,10H2,1-2H3,(H,18,23). The van der Waals surface area contributed by atoms with Crippen LogP contribution in [0.5, 0.6) is 0 Å². The summed E-state index contributed by atoms with van der Waals surface area (Å²) in [6.45, 7) is 1.86. The summed E-state index contributed by atoms with van der Waals surface area (Å²) in [5.41, 5.74) is 0.0203. The Kier molecular flexibility index (Phi) is 6.33. The van der Waals surface area contributed by atoms with E-state index in [9.17, 15) is 19.7 Å². The Bertz CT molecular complexity index is 680. The molecule has 1 unspecified atom stereocenters. The molecule has 0 radical (unpaired) electrons. The molecule has 0 aliphatic carbocycles. The zero-order chi connectivity index (χ0) is 18.6. The van der Waals surface area contributed by atoms with Gasteiger partial charge in [-0.15, -0.1) is 0 Å². The van der Waals surface area contributed by atoms with Gasteiger partial charge in [0.25, 0.3) is 5.69 Å². The highest BCUT2D eigenvalue weighted by molar-refractivity contribution is 6.32. The lowest BCUT2D eigenvalue weighted by atomic mass is 10.1. The van der Waals surface area contributed by atoms with Crippen molar-refractivity contribution in [1.29, 1.82) is 0 Å². The smallest absolute Gasteiger partial charge is 0.289 e. The Labute approximate surface area is 150 Å². The minimum Gasteiger partial charge on any atom is -0.342 e. The number of hydrogen-bond donors (Lipinski definition) is 1. The second kappa shape index (κ2) is 8.26. The molecule has 0 bridgehead atoms. The zero-order valence-corrected chi connectivity index (χ0v) is 15.0. The maximum atomic E-state index is 12.4. The molecule has 0 saturated carbocycles. The molecule has 2 amide bonds. The number of carbonyl (C=O) groups is 2. The number of rotatable bonds is 7. The van der Waals surface area contributed by atoms with E-state index >= 15 is 0 Å². The van der Waals surface area contributed by atoms with E-state index in [0.717, 1.165) is 13.0 Å². The van der Waals surface area contributed by atoms with Gasteiger partial charge in [0.15, 0.2) is 0 Å². The largest absolute Gasteiger partial charge is 0.342 e. The molecule has 25 heavy (non-hydrogen) atoms. The lowest BCUT2D eigenvalue weighted by Gasteiger charge is -2.18. The van der Waals surface area contributed by atoms with Crippen molar-refractivity contribution < 1.29 is 14.5 Å². The Morgan fingerprint density at radius 1 is 1.48 bits per heavy atom. The van der Waals surface area contributed by atoms with Gasteiger partial charge in [-0.05, 0) is 39.2 Å². The van der Waals surface area contributed by atoms with Crippen LogP contribution in [-0.2, 0) is 9.59 Å². The van der Waals surface area contributed by atoms with Crippen LogP contribution < -0.4 is 5.32 Å². The Hall–Kier alpha value is -2.19. The molecule has 8 nitrogen and oxygen atoms in total. The van der Waals surface area contributed by atoms with Crippen molar-refractivity contribution >= 4 is 34.8 Å². The SMILES string of the molecule is CN(C)CCCN1CC(C(=O)Nc2ccc(Cl)c([N+](=O)[O-])c2)CC1=O. The van der Waals surface area contributed by atoms with E-state index in [1.54, 1.807) is 4.90 Å². The molecule has 0 aromatic heterocycles. The summed E-state index contributed by atoms with van der Waals surface area (Å²) in [4.78, 5) is 38.4. The molecule has 136 valence electrons. The molecule has 1 fully saturated rings. The molecular weight excluding hydrogens is 348 g/mol. The minimum absolute atomic E-state index is 0.00566. The molecule has 1 aliphatic rings. The molecule has 0 spiro atoms. The first-order valence-corrected chi connectivity index (χ1v) is 8.33. The Morgan fingerprint density at radius 2 is 2.20 bits per heavy atom. The van der Waals surface area contributed by atoms with Crippen LogP contribution in [0.1, 0.15) is 12.8 Å². The molecule has 2 rings (SSSR count). The van der Waals surface area contributed by atoms with E-state index in [1.165, 1.54) is 18.2 Å². The van der Waals surface area contributed by atoms with Crippen LogP contribution in [-0.4, -0.2) is 60.3 Å². The number of nitro groups is 1. The highest BCUT2D eigenvalue weighted by atomic mass is 35.5. The molecule has 9 heteroatoms. The quantitative estimate of drug-likeness (QED) is 0.586. The normalized spacial score (nSPS) is 17.2. The average molecular weight is 369 g/mol. The number of hydrogen-bond acceptors (Lipinski definition) is 5. The number of anilines is 1. The van der Waals surface area contributed by atoms with Gasteiger partial charge in [0.05, 0.1) is 10.8 Å². The van der Waals surface area contributed by atoms with Crippen molar-refractivity contribution in [1.82, 2.24) is 9.80 Å². The van der Waals surface area contributed by atoms with Crippen molar-refractivity contribution in [3.8, 4) is 0 Å². The maximum Gasteiger partial charge on any atom is 0.289 e. The molecular formula is C16H21ClN4O4. The van der Waals surface area contributed by atoms with Gasteiger partial charge < -0.3 is 15.1 Å². The van der Waals surface area contributed by atoms with Gasteiger partial charge in [-0.2, -0.15) is 0 Å². The molecule has 1 aliphatic heterocycles. The summed E-state index contributed by atoms with van der Waals surface area (Å²) in [7, 11) is 3.93. The predicted molar refractivity (Wildman–Crippen MR) is 94.6 cm³/mol. The van der Waals surface area contributed by atoms with Crippen LogP contribution in [0.3, 0.4) is 0 Å². The van der Waals surface area contributed by atoms with E-state index in [1.807, 2.05) is 19.0 Å².